The van der Waals surface area contributed by atoms with Crippen LogP contribution in [0.1, 0.15) is 77.5 Å². The van der Waals surface area contributed by atoms with Crippen LogP contribution in [0.2, 0.25) is 0 Å². The molecular weight excluding hydrogens is 584 g/mol. The minimum atomic E-state index is -0.467. The van der Waals surface area contributed by atoms with E-state index in [0.29, 0.717) is 68.7 Å². The van der Waals surface area contributed by atoms with Crippen molar-refractivity contribution >= 4 is 22.9 Å². The molecule has 252 valence electrons. The third-order valence-electron chi connectivity index (χ3n) is 8.77. The Hall–Kier alpha value is -3.12. The molecule has 1 amide bonds. The molecule has 5 rings (SSSR count). The highest BCUT2D eigenvalue weighted by Gasteiger charge is 2.47. The Balaban J connectivity index is 1.16. The van der Waals surface area contributed by atoms with Gasteiger partial charge in [0.15, 0.2) is 23.2 Å². The van der Waals surface area contributed by atoms with Gasteiger partial charge >= 0.3 is 0 Å². The molecule has 4 unspecified atom stereocenters. The molecule has 2 aliphatic heterocycles. The van der Waals surface area contributed by atoms with E-state index in [0.717, 1.165) is 51.6 Å². The minimum absolute atomic E-state index is 0.228. The molecule has 3 aromatic rings. The number of hydrogen-bond acceptors (Lipinski definition) is 9. The van der Waals surface area contributed by atoms with E-state index >= 15 is 0 Å². The first kappa shape index (κ1) is 34.2. The minimum Gasteiger partial charge on any atom is -0.379 e. The summed E-state index contributed by atoms with van der Waals surface area (Å²) >= 11 is 0. The van der Waals surface area contributed by atoms with Crippen molar-refractivity contribution in [2.45, 2.75) is 96.7 Å². The Morgan fingerprint density at radius 2 is 1.70 bits per heavy atom. The van der Waals surface area contributed by atoms with Gasteiger partial charge in [-0.15, -0.1) is 0 Å². The van der Waals surface area contributed by atoms with E-state index in [1.807, 2.05) is 9.47 Å². The Bertz CT molecular complexity index is 1330. The first-order chi connectivity index (χ1) is 22.6. The zero-order valence-corrected chi connectivity index (χ0v) is 27.8. The lowest BCUT2D eigenvalue weighted by molar-refractivity contribution is -0.132. The van der Waals surface area contributed by atoms with Gasteiger partial charge in [0.25, 0.3) is 0 Å². The molecule has 4 atom stereocenters. The average Bonchev–Trinajstić information content (AvgIpc) is 3.67. The zero-order chi connectivity index (χ0) is 32.1. The summed E-state index contributed by atoms with van der Waals surface area (Å²) in [5.41, 5.74) is 2.70. The number of hydrogen-bond donors (Lipinski definition) is 1. The van der Waals surface area contributed by atoms with E-state index in [1.54, 1.807) is 6.33 Å². The van der Waals surface area contributed by atoms with E-state index in [4.69, 9.17) is 18.9 Å². The van der Waals surface area contributed by atoms with Crippen molar-refractivity contribution in [3.63, 3.8) is 0 Å². The van der Waals surface area contributed by atoms with Crippen LogP contribution in [0.4, 0.5) is 5.82 Å². The fourth-order valence-corrected chi connectivity index (χ4v) is 6.40. The molecular formula is C35H52N6O5. The standard InChI is InChI=1S/C35H52N6O5/c1-4-19-43-23-28-31(44-20-5-2)32(45-21-6-3)35(46-28)41-25-39-30-33(37-24-38-34(30)41)36-16-10-13-29(42)40-17-14-27(15-18-40)22-26-11-8-7-9-12-26/h7-9,11-12,24-25,27-28,31-32,35H,4-6,10,13-23H2,1-3H3,(H,36,37,38). The van der Waals surface area contributed by atoms with Crippen LogP contribution >= 0.6 is 0 Å². The Morgan fingerprint density at radius 1 is 0.957 bits per heavy atom. The number of carbonyl (C=O) groups excluding carboxylic acids is 1. The second-order valence-corrected chi connectivity index (χ2v) is 12.4. The van der Waals surface area contributed by atoms with Gasteiger partial charge < -0.3 is 29.2 Å². The zero-order valence-electron chi connectivity index (χ0n) is 27.8. The number of aromatic nitrogens is 4. The quantitative estimate of drug-likeness (QED) is 0.183. The van der Waals surface area contributed by atoms with Gasteiger partial charge in [-0.2, -0.15) is 0 Å². The van der Waals surface area contributed by atoms with Gasteiger partial charge in [-0.05, 0) is 56.4 Å². The SMILES string of the molecule is CCCOCC1OC(n2cnc3c(NCCCC(=O)N4CCC(Cc5ccccc5)CC4)ncnc32)C(OCCC)C1OCCC. The molecule has 0 radical (unpaired) electrons. The number of nitrogens with one attached hydrogen (secondary N) is 1. The molecule has 0 aliphatic carbocycles. The van der Waals surface area contributed by atoms with E-state index < -0.39 is 6.23 Å². The van der Waals surface area contributed by atoms with Crippen molar-refractivity contribution in [2.24, 2.45) is 5.92 Å². The van der Waals surface area contributed by atoms with Crippen molar-refractivity contribution < 1.29 is 23.7 Å². The molecule has 46 heavy (non-hydrogen) atoms. The number of piperidine rings is 1. The highest BCUT2D eigenvalue weighted by Crippen LogP contribution is 2.36. The topological polar surface area (TPSA) is 113 Å². The molecule has 0 saturated carbocycles. The lowest BCUT2D eigenvalue weighted by atomic mass is 9.90. The van der Waals surface area contributed by atoms with Crippen LogP contribution in [0.5, 0.6) is 0 Å². The van der Waals surface area contributed by atoms with Gasteiger partial charge in [-0.3, -0.25) is 9.36 Å². The van der Waals surface area contributed by atoms with Gasteiger partial charge in [0, 0.05) is 45.9 Å². The number of fused-ring (bicyclic) bond motifs is 1. The molecule has 2 aliphatic rings. The fraction of sp³-hybridized carbons (Fsp3) is 0.657. The van der Waals surface area contributed by atoms with Crippen LogP contribution in [-0.2, 0) is 30.2 Å². The van der Waals surface area contributed by atoms with Crippen LogP contribution in [0, 0.1) is 5.92 Å². The molecule has 11 heteroatoms. The largest absolute Gasteiger partial charge is 0.379 e. The third-order valence-corrected chi connectivity index (χ3v) is 8.77. The Kier molecular flexibility index (Phi) is 13.2. The number of carbonyl (C=O) groups is 1. The summed E-state index contributed by atoms with van der Waals surface area (Å²) < 4.78 is 27.0. The number of imidazole rings is 1. The van der Waals surface area contributed by atoms with Crippen molar-refractivity contribution in [2.75, 3.05) is 51.4 Å². The summed E-state index contributed by atoms with van der Waals surface area (Å²) in [5, 5.41) is 3.40. The summed E-state index contributed by atoms with van der Waals surface area (Å²) in [6.45, 7) is 10.9. The number of amides is 1. The monoisotopic (exact) mass is 636 g/mol. The van der Waals surface area contributed by atoms with Crippen LogP contribution in [0.3, 0.4) is 0 Å². The van der Waals surface area contributed by atoms with Crippen LogP contribution in [0.15, 0.2) is 43.0 Å². The summed E-state index contributed by atoms with van der Waals surface area (Å²) in [4.78, 5) is 28.7. The maximum absolute atomic E-state index is 13.0. The first-order valence-corrected chi connectivity index (χ1v) is 17.3. The van der Waals surface area contributed by atoms with Gasteiger partial charge in [-0.1, -0.05) is 51.1 Å². The highest BCUT2D eigenvalue weighted by atomic mass is 16.6. The molecule has 0 spiro atoms. The fourth-order valence-electron chi connectivity index (χ4n) is 6.40. The van der Waals surface area contributed by atoms with Gasteiger partial charge in [-0.25, -0.2) is 15.0 Å². The van der Waals surface area contributed by atoms with Crippen molar-refractivity contribution in [1.82, 2.24) is 24.4 Å². The normalized spacial score (nSPS) is 22.1. The summed E-state index contributed by atoms with van der Waals surface area (Å²) in [6, 6.07) is 10.6. The maximum atomic E-state index is 13.0. The molecule has 2 saturated heterocycles. The predicted molar refractivity (Wildman–Crippen MR) is 178 cm³/mol. The first-order valence-electron chi connectivity index (χ1n) is 17.3. The predicted octanol–water partition coefficient (Wildman–Crippen LogP) is 5.41. The van der Waals surface area contributed by atoms with Crippen LogP contribution < -0.4 is 5.32 Å². The summed E-state index contributed by atoms with van der Waals surface area (Å²) in [6.07, 6.45) is 9.11. The number of anilines is 1. The molecule has 2 fully saturated rings. The molecule has 2 aromatic heterocycles. The second kappa shape index (κ2) is 17.7. The number of rotatable bonds is 18. The van der Waals surface area contributed by atoms with Crippen LogP contribution in [-0.4, -0.2) is 94.7 Å². The smallest absolute Gasteiger partial charge is 0.222 e. The molecule has 11 nitrogen and oxygen atoms in total. The molecule has 1 N–H and O–H groups in total. The van der Waals surface area contributed by atoms with Gasteiger partial charge in [0.05, 0.1) is 12.9 Å². The number of ether oxygens (including phenoxy) is 4. The number of nitrogens with zero attached hydrogens (tertiary/aromatic N) is 5. The Labute approximate surface area is 273 Å². The second-order valence-electron chi connectivity index (χ2n) is 12.4. The molecule has 0 bridgehead atoms. The van der Waals surface area contributed by atoms with Gasteiger partial charge in [0.1, 0.15) is 24.6 Å². The lowest BCUT2D eigenvalue weighted by Gasteiger charge is -2.32. The number of benzene rings is 1. The molecule has 1 aromatic carbocycles. The van der Waals surface area contributed by atoms with E-state index in [-0.39, 0.29) is 24.2 Å². The highest BCUT2D eigenvalue weighted by molar-refractivity contribution is 5.82. The summed E-state index contributed by atoms with van der Waals surface area (Å²) in [5.74, 6) is 1.51. The van der Waals surface area contributed by atoms with E-state index in [2.05, 4.69) is 71.4 Å². The Morgan fingerprint density at radius 3 is 2.43 bits per heavy atom. The average molecular weight is 637 g/mol. The van der Waals surface area contributed by atoms with E-state index in [1.165, 1.54) is 11.9 Å². The molecule has 4 heterocycles. The lowest BCUT2D eigenvalue weighted by Crippen LogP contribution is -2.39. The van der Waals surface area contributed by atoms with Gasteiger partial charge in [0.2, 0.25) is 5.91 Å². The van der Waals surface area contributed by atoms with Crippen molar-refractivity contribution in [3.8, 4) is 0 Å². The van der Waals surface area contributed by atoms with Crippen molar-refractivity contribution in [3.05, 3.63) is 48.5 Å². The third kappa shape index (κ3) is 8.82. The van der Waals surface area contributed by atoms with Crippen molar-refractivity contribution in [1.29, 1.82) is 0 Å². The number of likely N-dealkylation sites (tertiary alicyclic amines) is 1. The maximum Gasteiger partial charge on any atom is 0.222 e. The van der Waals surface area contributed by atoms with Crippen LogP contribution in [0.25, 0.3) is 11.2 Å². The summed E-state index contributed by atoms with van der Waals surface area (Å²) in [7, 11) is 0. The van der Waals surface area contributed by atoms with E-state index in [9.17, 15) is 4.79 Å².